The molecular weight excluding hydrogens is 1050 g/mol. The van der Waals surface area contributed by atoms with Crippen LogP contribution in [-0.2, 0) is 54.9 Å². The van der Waals surface area contributed by atoms with Gasteiger partial charge in [0.15, 0.2) is 5.71 Å². The third-order valence-corrected chi connectivity index (χ3v) is 15.4. The Morgan fingerprint density at radius 1 is 0.836 bits per heavy atom. The summed E-state index contributed by atoms with van der Waals surface area (Å²) in [5, 5.41) is 24.0. The fourth-order valence-electron chi connectivity index (χ4n) is 8.96. The van der Waals surface area contributed by atoms with Crippen molar-refractivity contribution in [1.82, 2.24) is 21.0 Å². The molecule has 27 heteroatoms. The predicted octanol–water partition coefficient (Wildman–Crippen LogP) is -7.17. The van der Waals surface area contributed by atoms with Crippen molar-refractivity contribution in [3.8, 4) is 0 Å². The Balaban J connectivity index is 0.0000130. The Morgan fingerprint density at radius 3 is 2.18 bits per heavy atom. The summed E-state index contributed by atoms with van der Waals surface area (Å²) >= 11 is 0. The van der Waals surface area contributed by atoms with Crippen molar-refractivity contribution in [2.75, 3.05) is 37.7 Å². The summed E-state index contributed by atoms with van der Waals surface area (Å²) in [7, 11) is -13.2. The third-order valence-electron chi connectivity index (χ3n) is 12.9. The summed E-state index contributed by atoms with van der Waals surface area (Å²) < 4.78 is 103. The Kier molecular flexibility index (Phi) is 33.2. The number of nitrogens with one attached hydrogen (secondary N) is 3. The van der Waals surface area contributed by atoms with Gasteiger partial charge in [-0.25, -0.2) is 0 Å². The molecule has 20 nitrogen and oxygen atoms in total. The van der Waals surface area contributed by atoms with Gasteiger partial charge in [0.2, 0.25) is 23.4 Å². The standard InChI is InChI=1S/C46H68N6O14S3.4Na/c1-34-45(2)26-24-41(53)47-27-13-11-17-37(44(57)48-28-12-5-10-21-43(55)56)49-42(54)20-9-6-14-29-51-38-23-22-35(69(64,65)66)33-36(38)46(3,25-15-31-67(58,59)60)39(51)18-7-4-8-19-40(45)52(50-34)30-16-32-68(61,62)63;;;;/h4,7-8,18-19,22-23,33,37H,5-6,9-17,20-21,24-32H2,1-3H3,(H6-,47,48,49,53,54,55,56,57,58,59,60,61,62,63,64,65,66);;;;/q;4*+1/p+1. The number of allylic oxidation sites excluding steroid dienone is 6. The van der Waals surface area contributed by atoms with E-state index >= 15 is 0 Å². The van der Waals surface area contributed by atoms with Crippen LogP contribution in [0.4, 0.5) is 5.69 Å². The monoisotopic (exact) mass is 1120 g/mol. The van der Waals surface area contributed by atoms with Gasteiger partial charge < -0.3 is 21.1 Å². The second kappa shape index (κ2) is 33.6. The first-order valence-corrected chi connectivity index (χ1v) is 28.1. The maximum Gasteiger partial charge on any atom is 1.00 e. The Hall–Kier alpha value is -0.810. The second-order valence-electron chi connectivity index (χ2n) is 18.3. The van der Waals surface area contributed by atoms with Gasteiger partial charge in [0, 0.05) is 79.8 Å². The number of fused-ring (bicyclic) bond motifs is 3. The number of carboxylic acids is 1. The molecule has 3 heterocycles. The van der Waals surface area contributed by atoms with Crippen molar-refractivity contribution in [2.24, 2.45) is 10.5 Å². The van der Waals surface area contributed by atoms with E-state index in [1.165, 1.54) is 12.1 Å². The van der Waals surface area contributed by atoms with Crippen LogP contribution >= 0.6 is 0 Å². The summed E-state index contributed by atoms with van der Waals surface area (Å²) in [6, 6.07) is 3.37. The molecule has 73 heavy (non-hydrogen) atoms. The van der Waals surface area contributed by atoms with Crippen LogP contribution in [0.25, 0.3) is 0 Å². The number of amides is 3. The number of carboxylic acid groups (broad SMARTS) is 1. The average molecular weight is 1120 g/mol. The van der Waals surface area contributed by atoms with E-state index in [9.17, 15) is 58.1 Å². The maximum atomic E-state index is 13.3. The molecule has 3 amide bonds. The number of benzene rings is 1. The Morgan fingerprint density at radius 2 is 1.52 bits per heavy atom. The van der Waals surface area contributed by atoms with Crippen LogP contribution in [0, 0.1) is 5.41 Å². The first kappa shape index (κ1) is 72.2. The molecule has 0 fully saturated rings. The molecule has 1 aromatic carbocycles. The minimum absolute atomic E-state index is 0. The number of hydrazone groups is 1. The van der Waals surface area contributed by atoms with Crippen molar-refractivity contribution in [3.05, 3.63) is 59.8 Å². The van der Waals surface area contributed by atoms with Gasteiger partial charge >= 0.3 is 124 Å². The normalized spacial score (nSPS) is 23.2. The molecule has 3 unspecified atom stereocenters. The molecule has 3 aliphatic heterocycles. The molecular formula is C46H69N6Na4O14S3+5. The number of nitrogens with zero attached hydrogens (tertiary/aromatic N) is 3. The molecule has 0 bridgehead atoms. The summed E-state index contributed by atoms with van der Waals surface area (Å²) in [6.45, 7) is 6.76. The average Bonchev–Trinajstić information content (AvgIpc) is 3.62. The van der Waals surface area contributed by atoms with E-state index < -0.39 is 64.7 Å². The zero-order valence-corrected chi connectivity index (χ0v) is 54.1. The second-order valence-corrected chi connectivity index (χ2v) is 22.8. The molecule has 3 aliphatic rings. The number of aliphatic carboxylic acids is 1. The zero-order valence-electron chi connectivity index (χ0n) is 43.7. The SMILES string of the molecule is CC1=NN(CCCS(=O)(=O)O)/C2=C/C=C/C=C/C3=[N+](CCCCCC(=O)NC(C(=O)NCCCCCC(=O)O)CCCCNC(=O)CCC12C)c1ccc(S(=O)(=O)O)cc1C3(C)CCCS(=O)(=O)O.[Na+].[Na+].[Na+].[Na+]. The molecule has 1 aromatic rings. The van der Waals surface area contributed by atoms with E-state index in [4.69, 9.17) is 10.2 Å². The van der Waals surface area contributed by atoms with Gasteiger partial charge in [0.25, 0.3) is 30.4 Å². The molecule has 0 saturated carbocycles. The van der Waals surface area contributed by atoms with E-state index in [0.717, 1.165) is 0 Å². The number of hydrogen-bond acceptors (Lipinski definition) is 12. The van der Waals surface area contributed by atoms with Crippen LogP contribution in [-0.4, -0.2) is 132 Å². The summed E-state index contributed by atoms with van der Waals surface area (Å²) in [5.41, 5.74) is 1.36. The molecule has 7 N–H and O–H groups in total. The number of carbonyl (C=O) groups is 4. The topological polar surface area (TPSA) is 306 Å². The van der Waals surface area contributed by atoms with Crippen molar-refractivity contribution in [3.63, 3.8) is 0 Å². The molecule has 384 valence electrons. The van der Waals surface area contributed by atoms with Crippen molar-refractivity contribution < 1.29 is 186 Å². The van der Waals surface area contributed by atoms with Crippen LogP contribution in [0.5, 0.6) is 0 Å². The fraction of sp³-hybridized carbons (Fsp3) is 0.609. The fourth-order valence-corrected chi connectivity index (χ4v) is 10.5. The van der Waals surface area contributed by atoms with Gasteiger partial charge in [-0.2, -0.15) is 34.9 Å². The van der Waals surface area contributed by atoms with E-state index in [1.54, 1.807) is 29.3 Å². The van der Waals surface area contributed by atoms with Crippen LogP contribution in [0.3, 0.4) is 0 Å². The molecule has 0 aromatic heterocycles. The predicted molar refractivity (Wildman–Crippen MR) is 260 cm³/mol. The van der Waals surface area contributed by atoms with Gasteiger partial charge in [-0.3, -0.25) is 37.8 Å². The minimum Gasteiger partial charge on any atom is -0.481 e. The van der Waals surface area contributed by atoms with E-state index in [2.05, 4.69) is 16.0 Å². The zero-order chi connectivity index (χ0) is 51.0. The van der Waals surface area contributed by atoms with Crippen molar-refractivity contribution in [1.29, 1.82) is 0 Å². The molecule has 3 atom stereocenters. The Bertz CT molecular complexity index is 2560. The van der Waals surface area contributed by atoms with Crippen LogP contribution in [0.15, 0.2) is 64.3 Å². The third kappa shape index (κ3) is 23.6. The van der Waals surface area contributed by atoms with Crippen molar-refractivity contribution in [2.45, 2.75) is 140 Å². The number of unbranched alkanes of at least 4 members (excludes halogenated alkanes) is 2. The van der Waals surface area contributed by atoms with Crippen LogP contribution in [0.1, 0.15) is 129 Å². The summed E-state index contributed by atoms with van der Waals surface area (Å²) in [5.74, 6) is -2.83. The van der Waals surface area contributed by atoms with E-state index in [1.807, 2.05) is 37.5 Å². The number of hydrogen-bond donors (Lipinski definition) is 7. The van der Waals surface area contributed by atoms with Gasteiger partial charge in [-0.15, -0.1) is 0 Å². The van der Waals surface area contributed by atoms with E-state index in [0.29, 0.717) is 112 Å². The van der Waals surface area contributed by atoms with Crippen LogP contribution in [0.2, 0.25) is 0 Å². The van der Waals surface area contributed by atoms with Gasteiger partial charge in [-0.1, -0.05) is 24.6 Å². The molecule has 0 spiro atoms. The Labute approximate surface area is 519 Å². The van der Waals surface area contributed by atoms with E-state index in [-0.39, 0.29) is 186 Å². The smallest absolute Gasteiger partial charge is 0.481 e. The molecule has 0 radical (unpaired) electrons. The summed E-state index contributed by atoms with van der Waals surface area (Å²) in [4.78, 5) is 50.4. The largest absolute Gasteiger partial charge is 1.00 e. The minimum atomic E-state index is -4.64. The van der Waals surface area contributed by atoms with Gasteiger partial charge in [-0.05, 0) is 110 Å². The number of carbonyl (C=O) groups excluding carboxylic acids is 3. The van der Waals surface area contributed by atoms with Crippen LogP contribution < -0.4 is 134 Å². The van der Waals surface area contributed by atoms with Gasteiger partial charge in [0.1, 0.15) is 12.6 Å². The first-order chi connectivity index (χ1) is 32.3. The van der Waals surface area contributed by atoms with Crippen molar-refractivity contribution >= 4 is 71.2 Å². The number of rotatable bonds is 16. The maximum absolute atomic E-state index is 13.3. The summed E-state index contributed by atoms with van der Waals surface area (Å²) in [6.07, 6.45) is 14.3. The molecule has 0 saturated heterocycles. The van der Waals surface area contributed by atoms with Gasteiger partial charge in [0.05, 0.1) is 21.8 Å². The quantitative estimate of drug-likeness (QED) is 0.0350. The molecule has 4 rings (SSSR count). The molecule has 0 aliphatic carbocycles. The first-order valence-electron chi connectivity index (χ1n) is 23.5.